The van der Waals surface area contributed by atoms with Crippen LogP contribution in [0.4, 0.5) is 0 Å². The highest BCUT2D eigenvalue weighted by molar-refractivity contribution is 5.72. The summed E-state index contributed by atoms with van der Waals surface area (Å²) < 4.78 is 0. The second-order valence-electron chi connectivity index (χ2n) is 3.51. The van der Waals surface area contributed by atoms with Gasteiger partial charge >= 0.3 is 0 Å². The van der Waals surface area contributed by atoms with Crippen LogP contribution >= 0.6 is 0 Å². The Labute approximate surface area is 88.8 Å². The number of aliphatic hydroxyl groups is 1. The summed E-state index contributed by atoms with van der Waals surface area (Å²) in [5, 5.41) is 18.8. The van der Waals surface area contributed by atoms with E-state index in [1.807, 2.05) is 0 Å². The van der Waals surface area contributed by atoms with Crippen LogP contribution < -0.4 is 0 Å². The first kappa shape index (κ1) is 11.5. The third kappa shape index (κ3) is 3.25. The number of benzene rings is 1. The van der Waals surface area contributed by atoms with E-state index in [2.05, 4.69) is 0 Å². The van der Waals surface area contributed by atoms with Gasteiger partial charge in [0, 0.05) is 14.0 Å². The smallest absolute Gasteiger partial charge is 0.219 e. The van der Waals surface area contributed by atoms with Crippen molar-refractivity contribution >= 4 is 5.91 Å². The van der Waals surface area contributed by atoms with E-state index in [0.717, 1.165) is 0 Å². The molecule has 0 saturated carbocycles. The number of likely N-dealkylation sites (N-methyl/N-ethyl adjacent to an activating group) is 1. The monoisotopic (exact) mass is 209 g/mol. The van der Waals surface area contributed by atoms with Crippen LogP contribution in [-0.2, 0) is 4.79 Å². The summed E-state index contributed by atoms with van der Waals surface area (Å²) in [6, 6.07) is 6.28. The third-order valence-electron chi connectivity index (χ3n) is 2.26. The first-order chi connectivity index (χ1) is 7.00. The average molecular weight is 209 g/mol. The largest absolute Gasteiger partial charge is 0.508 e. The number of phenols is 1. The van der Waals surface area contributed by atoms with Gasteiger partial charge in [0.05, 0.1) is 12.6 Å². The standard InChI is InChI=1S/C11H15NO3/c1-8(13)12(2)7-11(15)9-3-5-10(14)6-4-9/h3-6,11,14-15H,7H2,1-2H3/t11-/m1/s1. The van der Waals surface area contributed by atoms with E-state index in [1.54, 1.807) is 19.2 Å². The van der Waals surface area contributed by atoms with Crippen LogP contribution in [-0.4, -0.2) is 34.6 Å². The summed E-state index contributed by atoms with van der Waals surface area (Å²) >= 11 is 0. The SMILES string of the molecule is CC(=O)N(C)C[C@@H](O)c1ccc(O)cc1. The second-order valence-corrected chi connectivity index (χ2v) is 3.51. The predicted octanol–water partition coefficient (Wildman–Crippen LogP) is 0.904. The molecular weight excluding hydrogens is 194 g/mol. The van der Waals surface area contributed by atoms with Crippen LogP contribution in [0.1, 0.15) is 18.6 Å². The molecule has 1 aromatic carbocycles. The maximum Gasteiger partial charge on any atom is 0.219 e. The lowest BCUT2D eigenvalue weighted by Gasteiger charge is -2.19. The van der Waals surface area contributed by atoms with Gasteiger partial charge in [-0.15, -0.1) is 0 Å². The number of carbonyl (C=O) groups is 1. The van der Waals surface area contributed by atoms with Gasteiger partial charge in [0.2, 0.25) is 5.91 Å². The number of phenolic OH excluding ortho intramolecular Hbond substituents is 1. The van der Waals surface area contributed by atoms with E-state index < -0.39 is 6.10 Å². The Morgan fingerprint density at radius 2 is 1.93 bits per heavy atom. The van der Waals surface area contributed by atoms with E-state index in [0.29, 0.717) is 5.56 Å². The number of carbonyl (C=O) groups excluding carboxylic acids is 1. The van der Waals surface area contributed by atoms with Crippen molar-refractivity contribution in [1.82, 2.24) is 4.90 Å². The van der Waals surface area contributed by atoms with Crippen LogP contribution in [0.2, 0.25) is 0 Å². The minimum atomic E-state index is -0.723. The molecule has 0 bridgehead atoms. The Bertz CT molecular complexity index is 334. The lowest BCUT2D eigenvalue weighted by molar-refractivity contribution is -0.128. The number of amides is 1. The van der Waals surface area contributed by atoms with E-state index in [1.165, 1.54) is 24.0 Å². The van der Waals surface area contributed by atoms with Crippen LogP contribution in [0.5, 0.6) is 5.75 Å². The van der Waals surface area contributed by atoms with Crippen LogP contribution in [0.25, 0.3) is 0 Å². The van der Waals surface area contributed by atoms with E-state index in [4.69, 9.17) is 5.11 Å². The van der Waals surface area contributed by atoms with E-state index in [-0.39, 0.29) is 18.2 Å². The summed E-state index contributed by atoms with van der Waals surface area (Å²) in [5.41, 5.74) is 0.681. The molecule has 1 atom stereocenters. The molecular formula is C11H15NO3. The van der Waals surface area contributed by atoms with Gasteiger partial charge in [-0.2, -0.15) is 0 Å². The fraction of sp³-hybridized carbons (Fsp3) is 0.364. The predicted molar refractivity (Wildman–Crippen MR) is 56.4 cm³/mol. The van der Waals surface area contributed by atoms with Gasteiger partial charge in [-0.05, 0) is 17.7 Å². The zero-order chi connectivity index (χ0) is 11.4. The topological polar surface area (TPSA) is 60.8 Å². The van der Waals surface area contributed by atoms with E-state index in [9.17, 15) is 9.90 Å². The van der Waals surface area contributed by atoms with Crippen molar-refractivity contribution in [2.24, 2.45) is 0 Å². The number of hydrogen-bond donors (Lipinski definition) is 2. The lowest BCUT2D eigenvalue weighted by Crippen LogP contribution is -2.28. The van der Waals surface area contributed by atoms with Gasteiger partial charge in [0.1, 0.15) is 5.75 Å². The molecule has 0 heterocycles. The van der Waals surface area contributed by atoms with Crippen molar-refractivity contribution in [1.29, 1.82) is 0 Å². The third-order valence-corrected chi connectivity index (χ3v) is 2.26. The highest BCUT2D eigenvalue weighted by Crippen LogP contribution is 2.17. The van der Waals surface area contributed by atoms with E-state index >= 15 is 0 Å². The maximum atomic E-state index is 10.9. The number of aromatic hydroxyl groups is 1. The first-order valence-electron chi connectivity index (χ1n) is 4.69. The molecule has 0 fully saturated rings. The molecule has 0 saturated heterocycles. The van der Waals surface area contributed by atoms with Crippen LogP contribution in [0, 0.1) is 0 Å². The maximum absolute atomic E-state index is 10.9. The second kappa shape index (κ2) is 4.79. The zero-order valence-electron chi connectivity index (χ0n) is 8.84. The van der Waals surface area contributed by atoms with Gasteiger partial charge < -0.3 is 15.1 Å². The molecule has 1 aromatic rings. The summed E-state index contributed by atoms with van der Waals surface area (Å²) in [5.74, 6) is 0.0682. The first-order valence-corrected chi connectivity index (χ1v) is 4.69. The molecule has 82 valence electrons. The molecule has 1 rings (SSSR count). The lowest BCUT2D eigenvalue weighted by atomic mass is 10.1. The van der Waals surface area contributed by atoms with Crippen LogP contribution in [0.15, 0.2) is 24.3 Å². The molecule has 0 aliphatic carbocycles. The molecule has 0 radical (unpaired) electrons. The molecule has 0 aliphatic rings. The molecule has 1 amide bonds. The highest BCUT2D eigenvalue weighted by Gasteiger charge is 2.11. The molecule has 4 nitrogen and oxygen atoms in total. The summed E-state index contributed by atoms with van der Waals surface area (Å²) in [7, 11) is 1.63. The van der Waals surface area contributed by atoms with Crippen LogP contribution in [0.3, 0.4) is 0 Å². The Hall–Kier alpha value is -1.55. The molecule has 0 spiro atoms. The fourth-order valence-corrected chi connectivity index (χ4v) is 1.19. The van der Waals surface area contributed by atoms with Gasteiger partial charge in [0.25, 0.3) is 0 Å². The van der Waals surface area contributed by atoms with Gasteiger partial charge in [-0.25, -0.2) is 0 Å². The zero-order valence-corrected chi connectivity index (χ0v) is 8.84. The van der Waals surface area contributed by atoms with Gasteiger partial charge in [0.15, 0.2) is 0 Å². The summed E-state index contributed by atoms with van der Waals surface area (Å²) in [6.07, 6.45) is -0.723. The molecule has 2 N–H and O–H groups in total. The van der Waals surface area contributed by atoms with Crippen molar-refractivity contribution in [2.45, 2.75) is 13.0 Å². The molecule has 0 aromatic heterocycles. The van der Waals surface area contributed by atoms with Crippen molar-refractivity contribution in [3.63, 3.8) is 0 Å². The van der Waals surface area contributed by atoms with Crippen molar-refractivity contribution < 1.29 is 15.0 Å². The van der Waals surface area contributed by atoms with Gasteiger partial charge in [-0.1, -0.05) is 12.1 Å². The van der Waals surface area contributed by atoms with Crippen molar-refractivity contribution in [2.75, 3.05) is 13.6 Å². The number of hydrogen-bond acceptors (Lipinski definition) is 3. The Morgan fingerprint density at radius 3 is 2.40 bits per heavy atom. The van der Waals surface area contributed by atoms with Crippen molar-refractivity contribution in [3.05, 3.63) is 29.8 Å². The minimum absolute atomic E-state index is 0.0900. The Balaban J connectivity index is 2.64. The quantitative estimate of drug-likeness (QED) is 0.777. The molecule has 15 heavy (non-hydrogen) atoms. The Kier molecular flexibility index (Phi) is 3.68. The number of rotatable bonds is 3. The molecule has 0 unspecified atom stereocenters. The summed E-state index contributed by atoms with van der Waals surface area (Å²) in [6.45, 7) is 1.70. The average Bonchev–Trinajstić information content (AvgIpc) is 2.18. The molecule has 4 heteroatoms. The minimum Gasteiger partial charge on any atom is -0.508 e. The number of nitrogens with zero attached hydrogens (tertiary/aromatic N) is 1. The normalized spacial score (nSPS) is 12.2. The highest BCUT2D eigenvalue weighted by atomic mass is 16.3. The Morgan fingerprint density at radius 1 is 1.40 bits per heavy atom. The van der Waals surface area contributed by atoms with Gasteiger partial charge in [-0.3, -0.25) is 4.79 Å². The van der Waals surface area contributed by atoms with Crippen molar-refractivity contribution in [3.8, 4) is 5.75 Å². The fourth-order valence-electron chi connectivity index (χ4n) is 1.19. The summed E-state index contributed by atoms with van der Waals surface area (Å²) in [4.78, 5) is 12.4. The molecule has 0 aliphatic heterocycles. The number of aliphatic hydroxyl groups excluding tert-OH is 1.